The van der Waals surface area contributed by atoms with Crippen LogP contribution in [0.3, 0.4) is 0 Å². The minimum Gasteiger partial charge on any atom is -0.309 e. The van der Waals surface area contributed by atoms with Gasteiger partial charge in [-0.05, 0) is 36.8 Å². The molecule has 6 heteroatoms. The summed E-state index contributed by atoms with van der Waals surface area (Å²) < 4.78 is 2.69. The molecule has 2 atom stereocenters. The third-order valence-electron chi connectivity index (χ3n) is 4.64. The minimum atomic E-state index is -0.796. The summed E-state index contributed by atoms with van der Waals surface area (Å²) >= 11 is 3.43. The van der Waals surface area contributed by atoms with Gasteiger partial charge < -0.3 is 5.32 Å². The molecule has 5 nitrogen and oxygen atoms in total. The fourth-order valence-corrected chi connectivity index (χ4v) is 3.73. The number of aryl methyl sites for hydroxylation is 1. The van der Waals surface area contributed by atoms with Crippen LogP contribution in [0.1, 0.15) is 22.7 Å². The fraction of sp³-hybridized carbons (Fsp3) is 0.150. The van der Waals surface area contributed by atoms with Crippen molar-refractivity contribution in [3.8, 4) is 11.8 Å². The van der Waals surface area contributed by atoms with E-state index < -0.39 is 5.92 Å². The lowest BCUT2D eigenvalue weighted by molar-refractivity contribution is -0.119. The van der Waals surface area contributed by atoms with Crippen molar-refractivity contribution in [3.63, 3.8) is 0 Å². The maximum atomic E-state index is 12.6. The molecule has 0 saturated heterocycles. The number of carbonyl (C=O) groups is 1. The van der Waals surface area contributed by atoms with E-state index in [0.29, 0.717) is 5.82 Å². The van der Waals surface area contributed by atoms with Gasteiger partial charge in [0.25, 0.3) is 0 Å². The molecule has 128 valence electrons. The van der Waals surface area contributed by atoms with Crippen LogP contribution in [0.15, 0.2) is 59.1 Å². The zero-order valence-corrected chi connectivity index (χ0v) is 15.6. The van der Waals surface area contributed by atoms with Gasteiger partial charge in [0.15, 0.2) is 0 Å². The molecule has 0 saturated carbocycles. The van der Waals surface area contributed by atoms with Crippen molar-refractivity contribution in [2.24, 2.45) is 5.92 Å². The molecule has 2 aromatic carbocycles. The van der Waals surface area contributed by atoms with Gasteiger partial charge >= 0.3 is 0 Å². The highest BCUT2D eigenvalue weighted by molar-refractivity contribution is 9.10. The maximum Gasteiger partial charge on any atom is 0.243 e. The number of hydrogen-bond donors (Lipinski definition) is 1. The SMILES string of the molecule is Cc1nn(-c2ccccc2)c2c1C(c1ccc(Br)cc1)C(C#N)C(=O)N2. The van der Waals surface area contributed by atoms with E-state index in [2.05, 4.69) is 32.4 Å². The van der Waals surface area contributed by atoms with Crippen molar-refractivity contribution in [2.75, 3.05) is 5.32 Å². The lowest BCUT2D eigenvalue weighted by Gasteiger charge is -2.28. The first-order chi connectivity index (χ1) is 12.6. The van der Waals surface area contributed by atoms with E-state index in [1.54, 1.807) is 4.68 Å². The molecular weight excluding hydrogens is 392 g/mol. The van der Waals surface area contributed by atoms with Crippen LogP contribution < -0.4 is 5.32 Å². The van der Waals surface area contributed by atoms with Crippen molar-refractivity contribution in [2.45, 2.75) is 12.8 Å². The van der Waals surface area contributed by atoms with E-state index >= 15 is 0 Å². The maximum absolute atomic E-state index is 12.6. The molecule has 0 radical (unpaired) electrons. The smallest absolute Gasteiger partial charge is 0.243 e. The second kappa shape index (κ2) is 6.43. The van der Waals surface area contributed by atoms with Crippen LogP contribution >= 0.6 is 15.9 Å². The topological polar surface area (TPSA) is 70.7 Å². The second-order valence-electron chi connectivity index (χ2n) is 6.22. The number of anilines is 1. The number of nitrogens with one attached hydrogen (secondary N) is 1. The van der Waals surface area contributed by atoms with Gasteiger partial charge in [-0.25, -0.2) is 4.68 Å². The van der Waals surface area contributed by atoms with Gasteiger partial charge in [-0.15, -0.1) is 0 Å². The van der Waals surface area contributed by atoms with Gasteiger partial charge in [0.1, 0.15) is 11.7 Å². The number of para-hydroxylation sites is 1. The van der Waals surface area contributed by atoms with Gasteiger partial charge in [0, 0.05) is 16.0 Å². The molecule has 1 aromatic heterocycles. The average molecular weight is 407 g/mol. The number of amides is 1. The Labute approximate surface area is 159 Å². The largest absolute Gasteiger partial charge is 0.309 e. The van der Waals surface area contributed by atoms with Crippen LogP contribution in [-0.4, -0.2) is 15.7 Å². The normalized spacial score (nSPS) is 18.7. The zero-order valence-electron chi connectivity index (χ0n) is 14.0. The first kappa shape index (κ1) is 16.6. The van der Waals surface area contributed by atoms with Crippen molar-refractivity contribution in [1.82, 2.24) is 9.78 Å². The first-order valence-electron chi connectivity index (χ1n) is 8.21. The van der Waals surface area contributed by atoms with Gasteiger partial charge in [-0.3, -0.25) is 4.79 Å². The number of nitriles is 1. The standard InChI is InChI=1S/C20H15BrN4O/c1-12-17-18(13-7-9-14(21)10-8-13)16(11-22)20(26)23-19(17)25(24-12)15-5-3-2-4-6-15/h2-10,16,18H,1H3,(H,23,26). The Balaban J connectivity index is 1.94. The van der Waals surface area contributed by atoms with Crippen molar-refractivity contribution in [3.05, 3.63) is 75.9 Å². The number of fused-ring (bicyclic) bond motifs is 1. The quantitative estimate of drug-likeness (QED) is 0.693. The van der Waals surface area contributed by atoms with E-state index in [9.17, 15) is 10.1 Å². The molecule has 0 bridgehead atoms. The minimum absolute atomic E-state index is 0.301. The summed E-state index contributed by atoms with van der Waals surface area (Å²) in [6.45, 7) is 1.91. The van der Waals surface area contributed by atoms with Crippen molar-refractivity contribution < 1.29 is 4.79 Å². The molecule has 0 spiro atoms. The Hall–Kier alpha value is -2.91. The number of halogens is 1. The van der Waals surface area contributed by atoms with E-state index in [1.165, 1.54) is 0 Å². The third-order valence-corrected chi connectivity index (χ3v) is 5.17. The molecule has 2 heterocycles. The van der Waals surface area contributed by atoms with Gasteiger partial charge in [0.05, 0.1) is 17.5 Å². The Morgan fingerprint density at radius 3 is 2.50 bits per heavy atom. The predicted molar refractivity (Wildman–Crippen MR) is 102 cm³/mol. The molecule has 1 amide bonds. The summed E-state index contributed by atoms with van der Waals surface area (Å²) in [4.78, 5) is 12.6. The molecular formula is C20H15BrN4O. The van der Waals surface area contributed by atoms with Crippen LogP contribution in [-0.2, 0) is 4.79 Å². The number of benzene rings is 2. The number of aromatic nitrogens is 2. The van der Waals surface area contributed by atoms with Crippen LogP contribution in [0.4, 0.5) is 5.82 Å². The Kier molecular flexibility index (Phi) is 4.09. The van der Waals surface area contributed by atoms with Crippen LogP contribution in [0.25, 0.3) is 5.69 Å². The van der Waals surface area contributed by atoms with Gasteiger partial charge in [-0.1, -0.05) is 46.3 Å². The van der Waals surface area contributed by atoms with Crippen LogP contribution in [0.5, 0.6) is 0 Å². The first-order valence-corrected chi connectivity index (χ1v) is 9.00. The lowest BCUT2D eigenvalue weighted by atomic mass is 9.78. The summed E-state index contributed by atoms with van der Waals surface area (Å²) in [6, 6.07) is 19.6. The van der Waals surface area contributed by atoms with Crippen molar-refractivity contribution >= 4 is 27.7 Å². The van der Waals surface area contributed by atoms with Crippen LogP contribution in [0, 0.1) is 24.2 Å². The molecule has 1 aliphatic rings. The number of rotatable bonds is 2. The fourth-order valence-electron chi connectivity index (χ4n) is 3.46. The number of carbonyl (C=O) groups excluding carboxylic acids is 1. The van der Waals surface area contributed by atoms with Crippen molar-refractivity contribution in [1.29, 1.82) is 5.26 Å². The van der Waals surface area contributed by atoms with E-state index in [0.717, 1.165) is 27.0 Å². The third kappa shape index (κ3) is 2.61. The van der Waals surface area contributed by atoms with Gasteiger partial charge in [0.2, 0.25) is 5.91 Å². The lowest BCUT2D eigenvalue weighted by Crippen LogP contribution is -2.34. The Morgan fingerprint density at radius 2 is 1.85 bits per heavy atom. The summed E-state index contributed by atoms with van der Waals surface area (Å²) in [5.41, 5.74) is 3.48. The average Bonchev–Trinajstić information content (AvgIpc) is 2.98. The highest BCUT2D eigenvalue weighted by atomic mass is 79.9. The second-order valence-corrected chi connectivity index (χ2v) is 7.14. The van der Waals surface area contributed by atoms with Gasteiger partial charge in [-0.2, -0.15) is 10.4 Å². The number of hydrogen-bond acceptors (Lipinski definition) is 3. The summed E-state index contributed by atoms with van der Waals surface area (Å²) in [6.07, 6.45) is 0. The molecule has 3 aromatic rings. The molecule has 1 aliphatic heterocycles. The van der Waals surface area contributed by atoms with Crippen LogP contribution in [0.2, 0.25) is 0 Å². The number of nitrogens with zero attached hydrogens (tertiary/aromatic N) is 3. The zero-order chi connectivity index (χ0) is 18.3. The Bertz CT molecular complexity index is 1020. The molecule has 4 rings (SSSR count). The Morgan fingerprint density at radius 1 is 1.15 bits per heavy atom. The molecule has 2 unspecified atom stereocenters. The highest BCUT2D eigenvalue weighted by Crippen LogP contribution is 2.43. The van der Waals surface area contributed by atoms with E-state index in [1.807, 2.05) is 61.5 Å². The van der Waals surface area contributed by atoms with E-state index in [4.69, 9.17) is 0 Å². The molecule has 1 N–H and O–H groups in total. The molecule has 26 heavy (non-hydrogen) atoms. The monoisotopic (exact) mass is 406 g/mol. The summed E-state index contributed by atoms with van der Waals surface area (Å²) in [7, 11) is 0. The molecule has 0 aliphatic carbocycles. The highest BCUT2D eigenvalue weighted by Gasteiger charge is 2.41. The summed E-state index contributed by atoms with van der Waals surface area (Å²) in [5, 5.41) is 17.2. The molecule has 0 fully saturated rings. The summed E-state index contributed by atoms with van der Waals surface area (Å²) in [5.74, 6) is -0.812. The predicted octanol–water partition coefficient (Wildman–Crippen LogP) is 4.17. The van der Waals surface area contributed by atoms with E-state index in [-0.39, 0.29) is 11.8 Å².